The molecule has 1 aromatic carbocycles. The van der Waals surface area contributed by atoms with Crippen molar-refractivity contribution in [3.05, 3.63) is 47.0 Å². The molecule has 0 bridgehead atoms. The van der Waals surface area contributed by atoms with Crippen LogP contribution in [0.4, 0.5) is 0 Å². The Labute approximate surface area is 125 Å². The van der Waals surface area contributed by atoms with Gasteiger partial charge < -0.3 is 10.1 Å². The van der Waals surface area contributed by atoms with E-state index in [9.17, 15) is 4.79 Å². The number of carbonyl (C=O) groups is 1. The first kappa shape index (κ1) is 15.1. The fraction of sp³-hybridized carbons (Fsp3) is 0.438. The van der Waals surface area contributed by atoms with Crippen LogP contribution in [0.2, 0.25) is 5.02 Å². The highest BCUT2D eigenvalue weighted by Crippen LogP contribution is 2.39. The molecule has 0 radical (unpaired) electrons. The zero-order valence-corrected chi connectivity index (χ0v) is 12.5. The van der Waals surface area contributed by atoms with E-state index in [4.69, 9.17) is 16.3 Å². The number of methoxy groups -OCH3 is 1. The summed E-state index contributed by atoms with van der Waals surface area (Å²) in [5, 5.41) is 3.79. The Bertz CT molecular complexity index is 515. The van der Waals surface area contributed by atoms with Crippen molar-refractivity contribution in [2.24, 2.45) is 0 Å². The summed E-state index contributed by atoms with van der Waals surface area (Å²) in [5.41, 5.74) is 1.35. The third-order valence-corrected chi connectivity index (χ3v) is 4.02. The number of benzene rings is 1. The van der Waals surface area contributed by atoms with Crippen molar-refractivity contribution in [1.29, 1.82) is 0 Å². The number of hydrogen-bond donors (Lipinski definition) is 1. The monoisotopic (exact) mass is 293 g/mol. The molecule has 1 aliphatic heterocycles. The Balaban J connectivity index is 2.27. The van der Waals surface area contributed by atoms with Crippen LogP contribution in [-0.4, -0.2) is 19.6 Å². The fourth-order valence-corrected chi connectivity index (χ4v) is 3.01. The second-order valence-electron chi connectivity index (χ2n) is 5.17. The predicted octanol–water partition coefficient (Wildman–Crippen LogP) is 3.67. The number of rotatable bonds is 7. The van der Waals surface area contributed by atoms with Gasteiger partial charge in [-0.2, -0.15) is 0 Å². The second-order valence-corrected chi connectivity index (χ2v) is 5.61. The van der Waals surface area contributed by atoms with Gasteiger partial charge in [0.05, 0.1) is 5.54 Å². The van der Waals surface area contributed by atoms with E-state index in [0.717, 1.165) is 37.0 Å². The minimum atomic E-state index is -0.368. The predicted molar refractivity (Wildman–Crippen MR) is 81.1 cm³/mol. The molecular formula is C16H20ClNO2. The van der Waals surface area contributed by atoms with Crippen LogP contribution >= 0.6 is 11.6 Å². The van der Waals surface area contributed by atoms with Crippen molar-refractivity contribution < 1.29 is 9.53 Å². The number of halogens is 1. The molecule has 0 aliphatic carbocycles. The van der Waals surface area contributed by atoms with E-state index < -0.39 is 0 Å². The first-order valence-corrected chi connectivity index (χ1v) is 7.23. The zero-order valence-electron chi connectivity index (χ0n) is 11.7. The molecule has 0 fully saturated rings. The number of amides is 1. The summed E-state index contributed by atoms with van der Waals surface area (Å²) >= 11 is 6.10. The summed E-state index contributed by atoms with van der Waals surface area (Å²) in [4.78, 5) is 12.1. The molecule has 1 aliphatic rings. The van der Waals surface area contributed by atoms with Crippen LogP contribution < -0.4 is 5.32 Å². The molecule has 1 heterocycles. The summed E-state index contributed by atoms with van der Waals surface area (Å²) in [6, 6.07) is 5.45. The van der Waals surface area contributed by atoms with Crippen LogP contribution in [0.1, 0.15) is 41.6 Å². The average molecular weight is 294 g/mol. The van der Waals surface area contributed by atoms with Gasteiger partial charge in [-0.3, -0.25) is 4.79 Å². The van der Waals surface area contributed by atoms with Crippen molar-refractivity contribution >= 4 is 17.5 Å². The minimum Gasteiger partial charge on any atom is -0.385 e. The Morgan fingerprint density at radius 2 is 2.25 bits per heavy atom. The molecule has 2 rings (SSSR count). The SMILES string of the molecule is C=CCC1(CCCCOC)NC(=O)c2ccc(Cl)cc21. The maximum absolute atomic E-state index is 12.1. The highest BCUT2D eigenvalue weighted by molar-refractivity contribution is 6.30. The molecule has 1 N–H and O–H groups in total. The van der Waals surface area contributed by atoms with Crippen LogP contribution in [0.5, 0.6) is 0 Å². The van der Waals surface area contributed by atoms with E-state index >= 15 is 0 Å². The zero-order chi connectivity index (χ0) is 14.6. The molecule has 4 heteroatoms. The fourth-order valence-electron chi connectivity index (χ4n) is 2.84. The first-order chi connectivity index (χ1) is 9.63. The average Bonchev–Trinajstić information content (AvgIpc) is 2.68. The molecular weight excluding hydrogens is 274 g/mol. The molecule has 0 spiro atoms. The van der Waals surface area contributed by atoms with Crippen molar-refractivity contribution in [3.8, 4) is 0 Å². The number of ether oxygens (including phenoxy) is 1. The number of carbonyl (C=O) groups excluding carboxylic acids is 1. The van der Waals surface area contributed by atoms with Crippen molar-refractivity contribution in [1.82, 2.24) is 5.32 Å². The molecule has 108 valence electrons. The maximum atomic E-state index is 12.1. The van der Waals surface area contributed by atoms with Crippen LogP contribution in [0.15, 0.2) is 30.9 Å². The summed E-state index contributed by atoms with van der Waals surface area (Å²) < 4.78 is 5.08. The Morgan fingerprint density at radius 1 is 1.45 bits per heavy atom. The Kier molecular flexibility index (Phi) is 4.84. The maximum Gasteiger partial charge on any atom is 0.252 e. The van der Waals surface area contributed by atoms with E-state index in [-0.39, 0.29) is 11.4 Å². The van der Waals surface area contributed by atoms with Gasteiger partial charge in [0.2, 0.25) is 0 Å². The first-order valence-electron chi connectivity index (χ1n) is 6.85. The topological polar surface area (TPSA) is 38.3 Å². The van der Waals surface area contributed by atoms with Crippen LogP contribution in [0.25, 0.3) is 0 Å². The van der Waals surface area contributed by atoms with Crippen molar-refractivity contribution in [2.45, 2.75) is 31.2 Å². The van der Waals surface area contributed by atoms with Gasteiger partial charge in [0.1, 0.15) is 0 Å². The number of unbranched alkanes of at least 4 members (excludes halogenated alkanes) is 1. The van der Waals surface area contributed by atoms with Crippen LogP contribution in [0, 0.1) is 0 Å². The second kappa shape index (κ2) is 6.42. The lowest BCUT2D eigenvalue weighted by Gasteiger charge is -2.29. The van der Waals surface area contributed by atoms with Gasteiger partial charge in [0, 0.05) is 24.3 Å². The number of nitrogens with one attached hydrogen (secondary N) is 1. The van der Waals surface area contributed by atoms with Gasteiger partial charge in [-0.05, 0) is 49.4 Å². The molecule has 20 heavy (non-hydrogen) atoms. The summed E-state index contributed by atoms with van der Waals surface area (Å²) in [7, 11) is 1.70. The largest absolute Gasteiger partial charge is 0.385 e. The van der Waals surface area contributed by atoms with Gasteiger partial charge in [-0.15, -0.1) is 6.58 Å². The summed E-state index contributed by atoms with van der Waals surface area (Å²) in [6.45, 7) is 4.56. The lowest BCUT2D eigenvalue weighted by Crippen LogP contribution is -2.39. The van der Waals surface area contributed by atoms with E-state index in [2.05, 4.69) is 11.9 Å². The minimum absolute atomic E-state index is 0.0229. The third-order valence-electron chi connectivity index (χ3n) is 3.79. The normalized spacial score (nSPS) is 20.6. The molecule has 3 nitrogen and oxygen atoms in total. The van der Waals surface area contributed by atoms with Gasteiger partial charge >= 0.3 is 0 Å². The molecule has 0 saturated carbocycles. The standard InChI is InChI=1S/C16H20ClNO2/c1-3-8-16(9-4-5-10-20-2)14-11-12(17)6-7-13(14)15(19)18-16/h3,6-7,11H,1,4-5,8-10H2,2H3,(H,18,19). The summed E-state index contributed by atoms with van der Waals surface area (Å²) in [5.74, 6) is -0.0229. The molecule has 1 amide bonds. The molecule has 0 saturated heterocycles. The van der Waals surface area contributed by atoms with Crippen molar-refractivity contribution in [3.63, 3.8) is 0 Å². The molecule has 0 aromatic heterocycles. The van der Waals surface area contributed by atoms with Gasteiger partial charge in [-0.1, -0.05) is 17.7 Å². The van der Waals surface area contributed by atoms with E-state index in [1.54, 1.807) is 19.2 Å². The van der Waals surface area contributed by atoms with Crippen LogP contribution in [0.3, 0.4) is 0 Å². The lowest BCUT2D eigenvalue weighted by atomic mass is 9.83. The van der Waals surface area contributed by atoms with Crippen molar-refractivity contribution in [2.75, 3.05) is 13.7 Å². The van der Waals surface area contributed by atoms with Gasteiger partial charge in [-0.25, -0.2) is 0 Å². The van der Waals surface area contributed by atoms with E-state index in [1.165, 1.54) is 0 Å². The van der Waals surface area contributed by atoms with E-state index in [1.807, 2.05) is 12.1 Å². The Morgan fingerprint density at radius 3 is 2.95 bits per heavy atom. The summed E-state index contributed by atoms with van der Waals surface area (Å²) in [6.07, 6.45) is 5.38. The molecule has 1 aromatic rings. The van der Waals surface area contributed by atoms with Crippen LogP contribution in [-0.2, 0) is 10.3 Å². The van der Waals surface area contributed by atoms with Gasteiger partial charge in [0.25, 0.3) is 5.91 Å². The molecule has 1 atom stereocenters. The quantitative estimate of drug-likeness (QED) is 0.615. The number of hydrogen-bond acceptors (Lipinski definition) is 2. The lowest BCUT2D eigenvalue weighted by molar-refractivity contribution is 0.0923. The smallest absolute Gasteiger partial charge is 0.252 e. The highest BCUT2D eigenvalue weighted by atomic mass is 35.5. The Hall–Kier alpha value is -1.32. The van der Waals surface area contributed by atoms with E-state index in [0.29, 0.717) is 11.4 Å². The molecule has 1 unspecified atom stereocenters. The highest BCUT2D eigenvalue weighted by Gasteiger charge is 2.41. The van der Waals surface area contributed by atoms with Gasteiger partial charge in [0.15, 0.2) is 0 Å². The number of fused-ring (bicyclic) bond motifs is 1. The third kappa shape index (κ3) is 2.89.